The van der Waals surface area contributed by atoms with E-state index >= 15 is 0 Å². The minimum absolute atomic E-state index is 0.0158. The summed E-state index contributed by atoms with van der Waals surface area (Å²) in [4.78, 5) is 30.4. The Hall–Kier alpha value is -2.80. The molecule has 1 aliphatic heterocycles. The number of rotatable bonds is 9. The van der Waals surface area contributed by atoms with Gasteiger partial charge in [-0.1, -0.05) is 24.3 Å². The van der Waals surface area contributed by atoms with E-state index in [2.05, 4.69) is 50.7 Å². The first kappa shape index (κ1) is 22.4. The van der Waals surface area contributed by atoms with Crippen LogP contribution in [0.2, 0.25) is 0 Å². The molecule has 1 saturated heterocycles. The number of hydrogen-bond acceptors (Lipinski definition) is 4. The molecule has 0 saturated carbocycles. The second-order valence-corrected chi connectivity index (χ2v) is 9.41. The van der Waals surface area contributed by atoms with Crippen LogP contribution in [0.4, 0.5) is 0 Å². The lowest BCUT2D eigenvalue weighted by Gasteiger charge is -2.29. The number of carbonyl (C=O) groups is 2. The zero-order valence-corrected chi connectivity index (χ0v) is 19.5. The van der Waals surface area contributed by atoms with Crippen molar-refractivity contribution in [2.45, 2.75) is 49.0 Å². The lowest BCUT2D eigenvalue weighted by atomic mass is 9.85. The number of imidazole rings is 1. The number of hydrogen-bond donors (Lipinski definition) is 2. The quantitative estimate of drug-likeness (QED) is 0.488. The van der Waals surface area contributed by atoms with Crippen molar-refractivity contribution in [3.8, 4) is 0 Å². The highest BCUT2D eigenvalue weighted by Gasteiger charge is 2.37. The molecule has 2 N–H and O–H groups in total. The number of para-hydroxylation sites is 2. The van der Waals surface area contributed by atoms with Gasteiger partial charge in [0.2, 0.25) is 11.8 Å². The average Bonchev–Trinajstić information content (AvgIpc) is 3.33. The number of aromatic nitrogens is 2. The SMILES string of the molecule is CSc1ccc(C[C@]2(CCC(=O)NCCc3nc4ccccc4n3C)CCC(=O)N2)cc1. The van der Waals surface area contributed by atoms with Gasteiger partial charge in [-0.25, -0.2) is 4.98 Å². The summed E-state index contributed by atoms with van der Waals surface area (Å²) in [6.07, 6.45) is 5.82. The highest BCUT2D eigenvalue weighted by Crippen LogP contribution is 2.30. The molecular formula is C25H30N4O2S. The standard InChI is InChI=1S/C25H30N4O2S/c1-29-21-6-4-3-5-20(21)27-22(29)13-16-26-23(30)11-14-25(15-12-24(31)28-25)17-18-7-9-19(32-2)10-8-18/h3-10H,11-17H2,1-2H3,(H,26,30)(H,28,31)/t25-/m0/s1. The summed E-state index contributed by atoms with van der Waals surface area (Å²) in [6.45, 7) is 0.547. The van der Waals surface area contributed by atoms with E-state index in [9.17, 15) is 9.59 Å². The van der Waals surface area contributed by atoms with E-state index in [-0.39, 0.29) is 17.4 Å². The molecule has 2 heterocycles. The molecule has 2 amide bonds. The van der Waals surface area contributed by atoms with Crippen molar-refractivity contribution in [3.05, 3.63) is 59.9 Å². The number of fused-ring (bicyclic) bond motifs is 1. The van der Waals surface area contributed by atoms with Crippen LogP contribution >= 0.6 is 11.8 Å². The van der Waals surface area contributed by atoms with Crippen molar-refractivity contribution in [1.82, 2.24) is 20.2 Å². The lowest BCUT2D eigenvalue weighted by molar-refractivity contribution is -0.122. The fourth-order valence-electron chi connectivity index (χ4n) is 4.49. The molecule has 1 fully saturated rings. The third-order valence-corrected chi connectivity index (χ3v) is 7.06. The smallest absolute Gasteiger partial charge is 0.220 e. The van der Waals surface area contributed by atoms with Gasteiger partial charge in [0.25, 0.3) is 0 Å². The van der Waals surface area contributed by atoms with E-state index in [4.69, 9.17) is 0 Å². The lowest BCUT2D eigenvalue weighted by Crippen LogP contribution is -2.44. The third kappa shape index (κ3) is 5.15. The van der Waals surface area contributed by atoms with Crippen LogP contribution in [0.1, 0.15) is 37.1 Å². The number of aryl methyl sites for hydroxylation is 1. The van der Waals surface area contributed by atoms with E-state index in [1.165, 1.54) is 10.5 Å². The van der Waals surface area contributed by atoms with Crippen molar-refractivity contribution in [2.24, 2.45) is 7.05 Å². The number of carbonyl (C=O) groups excluding carboxylic acids is 2. The molecule has 0 aliphatic carbocycles. The summed E-state index contributed by atoms with van der Waals surface area (Å²) in [5.41, 5.74) is 2.92. The Kier molecular flexibility index (Phi) is 6.84. The van der Waals surface area contributed by atoms with Gasteiger partial charge in [0, 0.05) is 43.3 Å². The topological polar surface area (TPSA) is 76.0 Å². The first-order valence-corrected chi connectivity index (χ1v) is 12.3. The van der Waals surface area contributed by atoms with Gasteiger partial charge in [0.15, 0.2) is 0 Å². The van der Waals surface area contributed by atoms with E-state index in [1.807, 2.05) is 31.3 Å². The van der Waals surface area contributed by atoms with Gasteiger partial charge in [0.05, 0.1) is 11.0 Å². The van der Waals surface area contributed by atoms with E-state index in [0.717, 1.165) is 29.7 Å². The molecule has 0 radical (unpaired) electrons. The second kappa shape index (κ2) is 9.77. The Morgan fingerprint density at radius 1 is 1.22 bits per heavy atom. The third-order valence-electron chi connectivity index (χ3n) is 6.32. The number of thioether (sulfide) groups is 1. The van der Waals surface area contributed by atoms with Crippen LogP contribution in [0.3, 0.4) is 0 Å². The maximum atomic E-state index is 12.6. The van der Waals surface area contributed by atoms with E-state index in [0.29, 0.717) is 32.2 Å². The van der Waals surface area contributed by atoms with Crippen molar-refractivity contribution in [1.29, 1.82) is 0 Å². The molecule has 1 aliphatic rings. The van der Waals surface area contributed by atoms with Gasteiger partial charge < -0.3 is 15.2 Å². The first-order chi connectivity index (χ1) is 15.5. The molecule has 0 bridgehead atoms. The summed E-state index contributed by atoms with van der Waals surface area (Å²) in [5.74, 6) is 1.05. The van der Waals surface area contributed by atoms with Crippen molar-refractivity contribution in [2.75, 3.05) is 12.8 Å². The fraction of sp³-hybridized carbons (Fsp3) is 0.400. The van der Waals surface area contributed by atoms with Crippen LogP contribution in [0.5, 0.6) is 0 Å². The Morgan fingerprint density at radius 3 is 2.69 bits per heavy atom. The molecule has 32 heavy (non-hydrogen) atoms. The van der Waals surface area contributed by atoms with Crippen LogP contribution < -0.4 is 10.6 Å². The Balaban J connectivity index is 1.31. The Labute approximate surface area is 193 Å². The molecule has 1 aromatic heterocycles. The predicted molar refractivity (Wildman–Crippen MR) is 129 cm³/mol. The summed E-state index contributed by atoms with van der Waals surface area (Å²) in [5, 5.41) is 6.19. The molecule has 0 spiro atoms. The van der Waals surface area contributed by atoms with Gasteiger partial charge in [-0.3, -0.25) is 9.59 Å². The molecule has 0 unspecified atom stereocenters. The summed E-state index contributed by atoms with van der Waals surface area (Å²) in [6, 6.07) is 16.5. The van der Waals surface area contributed by atoms with Crippen molar-refractivity contribution >= 4 is 34.6 Å². The molecular weight excluding hydrogens is 420 g/mol. The van der Waals surface area contributed by atoms with Gasteiger partial charge in [0.1, 0.15) is 5.82 Å². The molecule has 6 nitrogen and oxygen atoms in total. The monoisotopic (exact) mass is 450 g/mol. The number of nitrogens with zero attached hydrogens (tertiary/aromatic N) is 2. The van der Waals surface area contributed by atoms with E-state index in [1.54, 1.807) is 11.8 Å². The molecule has 4 rings (SSSR count). The van der Waals surface area contributed by atoms with Crippen LogP contribution in [-0.4, -0.2) is 39.7 Å². The summed E-state index contributed by atoms with van der Waals surface area (Å²) in [7, 11) is 2.00. The average molecular weight is 451 g/mol. The molecule has 1 atom stereocenters. The van der Waals surface area contributed by atoms with Crippen LogP contribution in [-0.2, 0) is 29.5 Å². The maximum absolute atomic E-state index is 12.6. The van der Waals surface area contributed by atoms with Crippen molar-refractivity contribution < 1.29 is 9.59 Å². The van der Waals surface area contributed by atoms with E-state index < -0.39 is 0 Å². The minimum Gasteiger partial charge on any atom is -0.356 e. The zero-order valence-electron chi connectivity index (χ0n) is 18.7. The maximum Gasteiger partial charge on any atom is 0.220 e. The van der Waals surface area contributed by atoms with Gasteiger partial charge >= 0.3 is 0 Å². The fourth-order valence-corrected chi connectivity index (χ4v) is 4.90. The largest absolute Gasteiger partial charge is 0.356 e. The molecule has 7 heteroatoms. The van der Waals surface area contributed by atoms with Gasteiger partial charge in [-0.2, -0.15) is 0 Å². The van der Waals surface area contributed by atoms with Crippen LogP contribution in [0.25, 0.3) is 11.0 Å². The summed E-state index contributed by atoms with van der Waals surface area (Å²) < 4.78 is 2.08. The first-order valence-electron chi connectivity index (χ1n) is 11.1. The van der Waals surface area contributed by atoms with Crippen LogP contribution in [0.15, 0.2) is 53.4 Å². The zero-order chi connectivity index (χ0) is 22.6. The number of amides is 2. The molecule has 3 aromatic rings. The van der Waals surface area contributed by atoms with Gasteiger partial charge in [-0.05, 0) is 55.3 Å². The molecule has 2 aromatic carbocycles. The highest BCUT2D eigenvalue weighted by molar-refractivity contribution is 7.98. The Morgan fingerprint density at radius 2 is 2.00 bits per heavy atom. The Bertz CT molecular complexity index is 1110. The molecule has 168 valence electrons. The number of nitrogens with one attached hydrogen (secondary N) is 2. The summed E-state index contributed by atoms with van der Waals surface area (Å²) >= 11 is 1.71. The van der Waals surface area contributed by atoms with Crippen molar-refractivity contribution in [3.63, 3.8) is 0 Å². The van der Waals surface area contributed by atoms with Crippen LogP contribution in [0, 0.1) is 0 Å². The highest BCUT2D eigenvalue weighted by atomic mass is 32.2. The number of benzene rings is 2. The second-order valence-electron chi connectivity index (χ2n) is 8.53. The van der Waals surface area contributed by atoms with Gasteiger partial charge in [-0.15, -0.1) is 11.8 Å². The predicted octanol–water partition coefficient (Wildman–Crippen LogP) is 3.63. The minimum atomic E-state index is -0.341. The normalized spacial score (nSPS) is 18.1.